The molecular formula is C27H35N3O5S. The van der Waals surface area contributed by atoms with Gasteiger partial charge in [0.15, 0.2) is 6.61 Å². The number of aryl methyl sites for hydroxylation is 1. The SMILES string of the molecule is C[C@@H]1C[C@H](C)CN(S(=O)(=O)c2ccc3c(c2)N(CC(=O)N[C@H](C)CCc2ccccc2)C(=O)CO3)C1. The highest BCUT2D eigenvalue weighted by molar-refractivity contribution is 7.89. The first-order valence-electron chi connectivity index (χ1n) is 12.5. The van der Waals surface area contributed by atoms with Gasteiger partial charge in [-0.2, -0.15) is 4.31 Å². The Kier molecular flexibility index (Phi) is 8.00. The topological polar surface area (TPSA) is 96.0 Å². The van der Waals surface area contributed by atoms with Crippen molar-refractivity contribution in [3.05, 3.63) is 54.1 Å². The number of rotatable bonds is 8. The summed E-state index contributed by atoms with van der Waals surface area (Å²) in [5.41, 5.74) is 1.50. The van der Waals surface area contributed by atoms with Gasteiger partial charge >= 0.3 is 0 Å². The standard InChI is InChI=1S/C27H35N3O5S/c1-19-13-20(2)16-29(15-19)36(33,34)23-11-12-25-24(14-23)30(27(32)18-35-25)17-26(31)28-21(3)9-10-22-7-5-4-6-8-22/h4-8,11-12,14,19-21H,9-10,13,15-18H2,1-3H3,(H,28,31)/t19-,20+,21-/m1/s1. The molecule has 2 aromatic carbocycles. The fourth-order valence-electron chi connectivity index (χ4n) is 5.03. The molecule has 9 heteroatoms. The largest absolute Gasteiger partial charge is 0.482 e. The van der Waals surface area contributed by atoms with E-state index in [4.69, 9.17) is 4.74 Å². The maximum absolute atomic E-state index is 13.4. The number of fused-ring (bicyclic) bond motifs is 1. The second kappa shape index (κ2) is 11.0. The number of anilines is 1. The van der Waals surface area contributed by atoms with Crippen LogP contribution in [-0.2, 0) is 26.0 Å². The molecule has 0 radical (unpaired) electrons. The lowest BCUT2D eigenvalue weighted by Gasteiger charge is -2.34. The second-order valence-electron chi connectivity index (χ2n) is 10.2. The van der Waals surface area contributed by atoms with Crippen molar-refractivity contribution in [2.75, 3.05) is 31.1 Å². The van der Waals surface area contributed by atoms with E-state index in [1.165, 1.54) is 26.9 Å². The molecule has 2 amide bonds. The molecule has 2 aliphatic heterocycles. The molecule has 1 N–H and O–H groups in total. The Bertz CT molecular complexity index is 1190. The van der Waals surface area contributed by atoms with Gasteiger partial charge < -0.3 is 10.1 Å². The highest BCUT2D eigenvalue weighted by Crippen LogP contribution is 2.36. The van der Waals surface area contributed by atoms with Crippen LogP contribution in [0, 0.1) is 11.8 Å². The van der Waals surface area contributed by atoms with Crippen LogP contribution in [-0.4, -0.2) is 56.8 Å². The third kappa shape index (κ3) is 6.07. The van der Waals surface area contributed by atoms with E-state index in [1.807, 2.05) is 25.1 Å². The van der Waals surface area contributed by atoms with E-state index in [0.29, 0.717) is 24.5 Å². The highest BCUT2D eigenvalue weighted by Gasteiger charge is 2.34. The van der Waals surface area contributed by atoms with Crippen molar-refractivity contribution in [3.63, 3.8) is 0 Å². The molecule has 194 valence electrons. The average molecular weight is 514 g/mol. The summed E-state index contributed by atoms with van der Waals surface area (Å²) in [5, 5.41) is 2.95. The monoisotopic (exact) mass is 513 g/mol. The molecule has 0 bridgehead atoms. The van der Waals surface area contributed by atoms with Crippen LogP contribution in [0.25, 0.3) is 0 Å². The lowest BCUT2D eigenvalue weighted by molar-refractivity contribution is -0.125. The van der Waals surface area contributed by atoms with E-state index in [-0.39, 0.29) is 47.7 Å². The Labute approximate surface area is 213 Å². The van der Waals surface area contributed by atoms with Crippen molar-refractivity contribution in [2.45, 2.75) is 51.0 Å². The van der Waals surface area contributed by atoms with Gasteiger partial charge in [-0.15, -0.1) is 0 Å². The smallest absolute Gasteiger partial charge is 0.265 e. The molecule has 8 nitrogen and oxygen atoms in total. The number of carbonyl (C=O) groups is 2. The molecule has 0 unspecified atom stereocenters. The fraction of sp³-hybridized carbons (Fsp3) is 0.481. The number of ether oxygens (including phenoxy) is 1. The van der Waals surface area contributed by atoms with Gasteiger partial charge in [0.1, 0.15) is 12.3 Å². The van der Waals surface area contributed by atoms with E-state index >= 15 is 0 Å². The minimum atomic E-state index is -3.74. The molecule has 36 heavy (non-hydrogen) atoms. The van der Waals surface area contributed by atoms with E-state index < -0.39 is 10.0 Å². The van der Waals surface area contributed by atoms with E-state index in [2.05, 4.69) is 31.3 Å². The van der Waals surface area contributed by atoms with Gasteiger partial charge in [-0.05, 0) is 61.8 Å². The maximum Gasteiger partial charge on any atom is 0.265 e. The van der Waals surface area contributed by atoms with E-state index in [9.17, 15) is 18.0 Å². The molecular weight excluding hydrogens is 478 g/mol. The molecule has 3 atom stereocenters. The molecule has 0 aromatic heterocycles. The number of carbonyl (C=O) groups excluding carboxylic acids is 2. The third-order valence-corrected chi connectivity index (χ3v) is 8.59. The molecule has 1 saturated heterocycles. The first-order valence-corrected chi connectivity index (χ1v) is 14.0. The van der Waals surface area contributed by atoms with Gasteiger partial charge in [-0.25, -0.2) is 8.42 Å². The number of nitrogens with zero attached hydrogens (tertiary/aromatic N) is 2. The zero-order valence-electron chi connectivity index (χ0n) is 21.1. The van der Waals surface area contributed by atoms with Crippen molar-refractivity contribution in [1.82, 2.24) is 9.62 Å². The molecule has 2 heterocycles. The molecule has 0 aliphatic carbocycles. The number of amides is 2. The number of nitrogens with one attached hydrogen (secondary N) is 1. The van der Waals surface area contributed by atoms with E-state index in [1.54, 1.807) is 6.07 Å². The molecule has 2 aliphatic rings. The van der Waals surface area contributed by atoms with Crippen LogP contribution in [0.1, 0.15) is 39.2 Å². The van der Waals surface area contributed by atoms with E-state index in [0.717, 1.165) is 19.3 Å². The Balaban J connectivity index is 1.47. The summed E-state index contributed by atoms with van der Waals surface area (Å²) in [5.74, 6) is 0.247. The van der Waals surface area contributed by atoms with Crippen LogP contribution < -0.4 is 15.0 Å². The Morgan fingerprint density at radius 2 is 1.81 bits per heavy atom. The zero-order chi connectivity index (χ0) is 25.9. The molecule has 4 rings (SSSR count). The highest BCUT2D eigenvalue weighted by atomic mass is 32.2. The Hall–Kier alpha value is -2.91. The van der Waals surface area contributed by atoms with Gasteiger partial charge in [-0.1, -0.05) is 44.2 Å². The first-order chi connectivity index (χ1) is 17.1. The number of hydrogen-bond acceptors (Lipinski definition) is 5. The predicted molar refractivity (Wildman–Crippen MR) is 138 cm³/mol. The lowest BCUT2D eigenvalue weighted by atomic mass is 9.94. The number of benzene rings is 2. The summed E-state index contributed by atoms with van der Waals surface area (Å²) in [6, 6.07) is 14.5. The van der Waals surface area contributed by atoms with Gasteiger partial charge in [0.05, 0.1) is 10.6 Å². The normalized spacial score (nSPS) is 21.4. The summed E-state index contributed by atoms with van der Waals surface area (Å²) in [4.78, 5) is 26.9. The lowest BCUT2D eigenvalue weighted by Crippen LogP contribution is -2.47. The number of piperidine rings is 1. The quantitative estimate of drug-likeness (QED) is 0.585. The predicted octanol–water partition coefficient (Wildman–Crippen LogP) is 3.22. The van der Waals surface area contributed by atoms with Crippen LogP contribution in [0.4, 0.5) is 5.69 Å². The summed E-state index contributed by atoms with van der Waals surface area (Å²) in [7, 11) is -3.74. The van der Waals surface area contributed by atoms with Crippen LogP contribution in [0.5, 0.6) is 5.75 Å². The van der Waals surface area contributed by atoms with Gasteiger partial charge in [0.25, 0.3) is 5.91 Å². The molecule has 2 aromatic rings. The first kappa shape index (κ1) is 26.2. The fourth-order valence-corrected chi connectivity index (χ4v) is 6.73. The second-order valence-corrected chi connectivity index (χ2v) is 12.1. The third-order valence-electron chi connectivity index (χ3n) is 6.76. The Morgan fingerprint density at radius 3 is 2.50 bits per heavy atom. The van der Waals surface area contributed by atoms with Crippen molar-refractivity contribution in [2.24, 2.45) is 11.8 Å². The van der Waals surface area contributed by atoms with Crippen LogP contribution in [0.15, 0.2) is 53.4 Å². The summed E-state index contributed by atoms with van der Waals surface area (Å²) < 4.78 is 33.9. The van der Waals surface area contributed by atoms with Crippen molar-refractivity contribution >= 4 is 27.5 Å². The molecule has 1 fully saturated rings. The summed E-state index contributed by atoms with van der Waals surface area (Å²) >= 11 is 0. The van der Waals surface area contributed by atoms with Crippen molar-refractivity contribution in [1.29, 1.82) is 0 Å². The van der Waals surface area contributed by atoms with Crippen molar-refractivity contribution < 1.29 is 22.7 Å². The number of hydrogen-bond donors (Lipinski definition) is 1. The summed E-state index contributed by atoms with van der Waals surface area (Å²) in [6.45, 7) is 6.57. The number of sulfonamides is 1. The molecule has 0 spiro atoms. The molecule has 0 saturated carbocycles. The van der Waals surface area contributed by atoms with Crippen LogP contribution >= 0.6 is 0 Å². The van der Waals surface area contributed by atoms with Crippen LogP contribution in [0.3, 0.4) is 0 Å². The van der Waals surface area contributed by atoms with Gasteiger partial charge in [0, 0.05) is 19.1 Å². The Morgan fingerprint density at radius 1 is 1.11 bits per heavy atom. The van der Waals surface area contributed by atoms with Crippen molar-refractivity contribution in [3.8, 4) is 5.75 Å². The minimum Gasteiger partial charge on any atom is -0.482 e. The minimum absolute atomic E-state index is 0.0805. The zero-order valence-corrected chi connectivity index (χ0v) is 22.0. The van der Waals surface area contributed by atoms with Crippen LogP contribution in [0.2, 0.25) is 0 Å². The van der Waals surface area contributed by atoms with Gasteiger partial charge in [0.2, 0.25) is 15.9 Å². The summed E-state index contributed by atoms with van der Waals surface area (Å²) in [6.07, 6.45) is 2.58. The van der Waals surface area contributed by atoms with Gasteiger partial charge in [-0.3, -0.25) is 14.5 Å². The average Bonchev–Trinajstić information content (AvgIpc) is 2.84. The maximum atomic E-state index is 13.4.